The summed E-state index contributed by atoms with van der Waals surface area (Å²) in [6.45, 7) is 8.60. The number of hydrogen-bond donors (Lipinski definition) is 0. The van der Waals surface area contributed by atoms with Gasteiger partial charge in [0.2, 0.25) is 0 Å². The average molecular weight is 205 g/mol. The fraction of sp³-hybridized carbons (Fsp3) is 1.00. The summed E-state index contributed by atoms with van der Waals surface area (Å²) in [5.41, 5.74) is 0. The molecule has 0 aliphatic heterocycles. The molecule has 0 rings (SSSR count). The quantitative estimate of drug-likeness (QED) is 0.558. The van der Waals surface area contributed by atoms with Gasteiger partial charge >= 0.3 is 0 Å². The Labute approximate surface area is 84.2 Å². The fourth-order valence-corrected chi connectivity index (χ4v) is 7.55. The van der Waals surface area contributed by atoms with Gasteiger partial charge in [0.1, 0.15) is 0 Å². The first-order valence-corrected chi connectivity index (χ1v) is 10.8. The summed E-state index contributed by atoms with van der Waals surface area (Å²) in [4.78, 5) is 0. The number of rotatable bonds is 7. The normalized spacial score (nSPS) is 23.7. The SMILES string of the molecule is [2H][Si](C)(CCCC)[Si]([2H])(C)CCCC. The van der Waals surface area contributed by atoms with Gasteiger partial charge in [-0.1, -0.05) is 64.7 Å². The van der Waals surface area contributed by atoms with Crippen LogP contribution in [0.5, 0.6) is 0 Å². The Morgan fingerprint density at radius 1 is 0.917 bits per heavy atom. The topological polar surface area (TPSA) is 0 Å². The van der Waals surface area contributed by atoms with Gasteiger partial charge in [0.05, 0.1) is 0 Å². The van der Waals surface area contributed by atoms with Crippen molar-refractivity contribution in [3.05, 3.63) is 0 Å². The Balaban J connectivity index is 4.20. The van der Waals surface area contributed by atoms with Gasteiger partial charge in [-0.3, -0.25) is 0 Å². The van der Waals surface area contributed by atoms with Crippen LogP contribution in [0, 0.1) is 0 Å². The molecule has 2 atom stereocenters. The van der Waals surface area contributed by atoms with E-state index in [1.807, 2.05) is 0 Å². The van der Waals surface area contributed by atoms with Gasteiger partial charge in [0, 0.05) is 19.0 Å². The maximum absolute atomic E-state index is 8.42. The molecule has 0 radical (unpaired) electrons. The summed E-state index contributed by atoms with van der Waals surface area (Å²) in [7, 11) is -3.87. The third-order valence-electron chi connectivity index (χ3n) is 2.54. The molecule has 0 aliphatic carbocycles. The lowest BCUT2D eigenvalue weighted by atomic mass is 10.4. The van der Waals surface area contributed by atoms with E-state index in [-0.39, 0.29) is 0 Å². The second-order valence-electron chi connectivity index (χ2n) is 3.77. The summed E-state index contributed by atoms with van der Waals surface area (Å²) >= 11 is 0. The van der Waals surface area contributed by atoms with Gasteiger partial charge in [-0.05, 0) is 0 Å². The summed E-state index contributed by atoms with van der Waals surface area (Å²) in [5.74, 6) is 0. The summed E-state index contributed by atoms with van der Waals surface area (Å²) in [6, 6.07) is 2.11. The molecule has 0 aromatic rings. The second kappa shape index (κ2) is 8.05. The molecule has 0 aromatic carbocycles. The molecular formula is C10H26Si2. The van der Waals surface area contributed by atoms with Gasteiger partial charge in [-0.15, -0.1) is 0 Å². The molecular weight excluding hydrogens is 176 g/mol. The van der Waals surface area contributed by atoms with Gasteiger partial charge in [0.25, 0.3) is 0 Å². The van der Waals surface area contributed by atoms with Gasteiger partial charge < -0.3 is 0 Å². The fourth-order valence-electron chi connectivity index (χ4n) is 1.31. The van der Waals surface area contributed by atoms with Crippen molar-refractivity contribution in [3.8, 4) is 0 Å². The van der Waals surface area contributed by atoms with E-state index < -0.39 is 16.5 Å². The van der Waals surface area contributed by atoms with Crippen molar-refractivity contribution in [1.82, 2.24) is 0 Å². The molecule has 0 nitrogen and oxygen atoms in total. The first kappa shape index (κ1) is 9.01. The molecule has 0 heterocycles. The largest absolute Gasteiger partial charge is 0.0741 e. The van der Waals surface area contributed by atoms with Crippen LogP contribution in [0.3, 0.4) is 0 Å². The van der Waals surface area contributed by atoms with Crippen LogP contribution in [-0.4, -0.2) is 19.0 Å². The van der Waals surface area contributed by atoms with Crippen LogP contribution in [-0.2, 0) is 0 Å². The first-order chi connectivity index (χ1) is 6.37. The van der Waals surface area contributed by atoms with E-state index in [1.165, 1.54) is 25.7 Å². The van der Waals surface area contributed by atoms with Crippen LogP contribution in [0.1, 0.15) is 39.5 Å². The highest BCUT2D eigenvalue weighted by atomic mass is 29.2. The lowest BCUT2D eigenvalue weighted by Crippen LogP contribution is -2.28. The van der Waals surface area contributed by atoms with Crippen molar-refractivity contribution in [2.75, 3.05) is 0 Å². The molecule has 0 saturated heterocycles. The highest BCUT2D eigenvalue weighted by molar-refractivity contribution is 7.21. The van der Waals surface area contributed by atoms with Crippen LogP contribution in [0.4, 0.5) is 0 Å². The molecule has 0 aliphatic rings. The average Bonchev–Trinajstić information content (AvgIpc) is 2.11. The minimum Gasteiger partial charge on any atom is -0.0741 e. The lowest BCUT2D eigenvalue weighted by molar-refractivity contribution is 0.870. The van der Waals surface area contributed by atoms with E-state index in [2.05, 4.69) is 26.9 Å². The van der Waals surface area contributed by atoms with Crippen LogP contribution >= 0.6 is 0 Å². The smallest absolute Gasteiger partial charge is 0.0246 e. The van der Waals surface area contributed by atoms with Crippen molar-refractivity contribution in [2.45, 2.75) is 64.7 Å². The van der Waals surface area contributed by atoms with E-state index in [4.69, 9.17) is 2.47 Å². The standard InChI is InChI=1S/C10H26Si2/c1-5-7-9-11(3)12(4)10-8-6-2/h11-12H,5-10H2,1-4H3/i11D,12D. The second-order valence-corrected chi connectivity index (χ2v) is 13.0. The van der Waals surface area contributed by atoms with Crippen molar-refractivity contribution in [2.24, 2.45) is 0 Å². The Bertz CT molecular complexity index is 140. The Kier molecular flexibility index (Phi) is 6.04. The molecule has 0 amide bonds. The summed E-state index contributed by atoms with van der Waals surface area (Å²) in [5, 5.41) is 0. The van der Waals surface area contributed by atoms with Crippen LogP contribution in [0.25, 0.3) is 0 Å². The Morgan fingerprint density at radius 3 is 1.50 bits per heavy atom. The minimum absolute atomic E-state index is 1.05. The minimum atomic E-state index is -1.93. The molecule has 0 saturated carbocycles. The van der Waals surface area contributed by atoms with Crippen molar-refractivity contribution in [1.29, 1.82) is 2.47 Å². The lowest BCUT2D eigenvalue weighted by Gasteiger charge is -2.16. The molecule has 0 spiro atoms. The third-order valence-corrected chi connectivity index (χ3v) is 12.1. The van der Waals surface area contributed by atoms with Crippen LogP contribution in [0.15, 0.2) is 0 Å². The highest BCUT2D eigenvalue weighted by Crippen LogP contribution is 2.10. The molecule has 74 valence electrons. The van der Waals surface area contributed by atoms with Crippen molar-refractivity contribution in [3.63, 3.8) is 0 Å². The van der Waals surface area contributed by atoms with E-state index in [1.54, 1.807) is 0 Å². The first-order valence-electron chi connectivity index (χ1n) is 6.37. The number of unbranched alkanes of at least 4 members (excludes halogenated alkanes) is 2. The summed E-state index contributed by atoms with van der Waals surface area (Å²) < 4.78 is 16.8. The van der Waals surface area contributed by atoms with Gasteiger partial charge in [0.15, 0.2) is 0 Å². The van der Waals surface area contributed by atoms with Crippen LogP contribution < -0.4 is 0 Å². The molecule has 0 bridgehead atoms. The molecule has 2 heteroatoms. The van der Waals surface area contributed by atoms with E-state index in [9.17, 15) is 0 Å². The third kappa shape index (κ3) is 6.01. The Morgan fingerprint density at radius 2 is 1.25 bits per heavy atom. The predicted molar refractivity (Wildman–Crippen MR) is 65.5 cm³/mol. The molecule has 0 aromatic heterocycles. The van der Waals surface area contributed by atoms with E-state index >= 15 is 0 Å². The zero-order chi connectivity index (χ0) is 11.2. The van der Waals surface area contributed by atoms with Crippen LogP contribution in [0.2, 0.25) is 25.2 Å². The zero-order valence-corrected chi connectivity index (χ0v) is 11.2. The number of hydrogen-bond acceptors (Lipinski definition) is 0. The zero-order valence-electron chi connectivity index (χ0n) is 11.2. The monoisotopic (exact) mass is 204 g/mol. The van der Waals surface area contributed by atoms with E-state index in [0.717, 1.165) is 12.1 Å². The molecule has 0 N–H and O–H groups in total. The maximum atomic E-state index is 8.42. The predicted octanol–water partition coefficient (Wildman–Crippen LogP) is 3.38. The van der Waals surface area contributed by atoms with Crippen molar-refractivity contribution < 1.29 is 0 Å². The van der Waals surface area contributed by atoms with Crippen molar-refractivity contribution >= 4 is 16.5 Å². The van der Waals surface area contributed by atoms with E-state index in [0.29, 0.717) is 0 Å². The maximum Gasteiger partial charge on any atom is 0.0246 e. The molecule has 2 unspecified atom stereocenters. The molecule has 12 heavy (non-hydrogen) atoms. The summed E-state index contributed by atoms with van der Waals surface area (Å²) in [6.07, 6.45) is 4.69. The highest BCUT2D eigenvalue weighted by Gasteiger charge is 2.13. The van der Waals surface area contributed by atoms with Gasteiger partial charge in [-0.25, -0.2) is 0 Å². The Hall–Kier alpha value is 0.434. The molecule has 0 fully saturated rings. The van der Waals surface area contributed by atoms with Gasteiger partial charge in [-0.2, -0.15) is 0 Å².